The molecule has 3 atom stereocenters. The molecule has 3 unspecified atom stereocenters. The average molecular weight is 539 g/mol. The first-order valence-electron chi connectivity index (χ1n) is 14.2. The van der Waals surface area contributed by atoms with Crippen molar-refractivity contribution in [1.82, 2.24) is 15.5 Å². The number of nitrogens with one attached hydrogen (secondary N) is 3. The zero-order valence-corrected chi connectivity index (χ0v) is 23.5. The van der Waals surface area contributed by atoms with E-state index in [-0.39, 0.29) is 41.5 Å². The largest absolute Gasteiger partial charge is 0.353 e. The highest BCUT2D eigenvalue weighted by Crippen LogP contribution is 2.27. The van der Waals surface area contributed by atoms with E-state index in [1.165, 1.54) is 19.1 Å². The Bertz CT molecular complexity index is 1090. The molecular weight excluding hydrogens is 495 g/mol. The van der Waals surface area contributed by atoms with Crippen molar-refractivity contribution in [3.05, 3.63) is 65.5 Å². The summed E-state index contributed by atoms with van der Waals surface area (Å²) in [7, 11) is 0. The Kier molecular flexibility index (Phi) is 11.9. The van der Waals surface area contributed by atoms with Gasteiger partial charge in [-0.3, -0.25) is 9.59 Å². The van der Waals surface area contributed by atoms with Crippen molar-refractivity contribution in [3.63, 3.8) is 0 Å². The molecule has 39 heavy (non-hydrogen) atoms. The van der Waals surface area contributed by atoms with E-state index in [0.29, 0.717) is 24.1 Å². The smallest absolute Gasteiger partial charge is 0.319 e. The van der Waals surface area contributed by atoms with Crippen LogP contribution in [-0.4, -0.2) is 54.3 Å². The van der Waals surface area contributed by atoms with Gasteiger partial charge in [0, 0.05) is 36.3 Å². The van der Waals surface area contributed by atoms with E-state index in [4.69, 9.17) is 0 Å². The number of aryl methyl sites for hydroxylation is 1. The summed E-state index contributed by atoms with van der Waals surface area (Å²) >= 11 is 0. The highest BCUT2D eigenvalue weighted by atomic mass is 19.1. The maximum Gasteiger partial charge on any atom is 0.319 e. The fraction of sp³-hybridized carbons (Fsp3) is 0.516. The van der Waals surface area contributed by atoms with E-state index >= 15 is 0 Å². The van der Waals surface area contributed by atoms with E-state index in [1.54, 1.807) is 24.3 Å². The van der Waals surface area contributed by atoms with E-state index < -0.39 is 0 Å². The highest BCUT2D eigenvalue weighted by Gasteiger charge is 2.33. The van der Waals surface area contributed by atoms with Crippen molar-refractivity contribution in [2.75, 3.05) is 25.0 Å². The van der Waals surface area contributed by atoms with Crippen molar-refractivity contribution in [2.45, 2.75) is 77.8 Å². The quantitative estimate of drug-likeness (QED) is 0.291. The monoisotopic (exact) mass is 538 g/mol. The van der Waals surface area contributed by atoms with Crippen molar-refractivity contribution >= 4 is 23.4 Å². The number of hydrogen-bond acceptors (Lipinski definition) is 4. The normalized spacial score (nSPS) is 18.9. The molecule has 1 aliphatic rings. The second-order valence-corrected chi connectivity index (χ2v) is 10.6. The van der Waals surface area contributed by atoms with E-state index in [2.05, 4.69) is 27.8 Å². The predicted octanol–water partition coefficient (Wildman–Crippen LogP) is 5.56. The summed E-state index contributed by atoms with van der Waals surface area (Å²) in [6.07, 6.45) is 5.78. The molecule has 8 heteroatoms. The Hall–Kier alpha value is -3.26. The number of carbonyl (C=O) groups excluding carboxylic acids is 3. The highest BCUT2D eigenvalue weighted by molar-refractivity contribution is 5.96. The molecule has 1 aliphatic carbocycles. The topological polar surface area (TPSA) is 90.5 Å². The fourth-order valence-corrected chi connectivity index (χ4v) is 5.34. The van der Waals surface area contributed by atoms with Gasteiger partial charge in [-0.2, -0.15) is 0 Å². The van der Waals surface area contributed by atoms with Gasteiger partial charge >= 0.3 is 6.03 Å². The van der Waals surface area contributed by atoms with Crippen LogP contribution < -0.4 is 16.0 Å². The molecule has 3 N–H and O–H groups in total. The van der Waals surface area contributed by atoms with Crippen LogP contribution in [0.4, 0.5) is 14.9 Å². The molecule has 2 aromatic rings. The number of ketones is 1. The Morgan fingerprint density at radius 1 is 1.00 bits per heavy atom. The first-order chi connectivity index (χ1) is 18.8. The van der Waals surface area contributed by atoms with Crippen molar-refractivity contribution in [1.29, 1.82) is 0 Å². The number of carbonyl (C=O) groups is 3. The third kappa shape index (κ3) is 10.1. The molecule has 0 aromatic heterocycles. The lowest BCUT2D eigenvalue weighted by atomic mass is 9.81. The summed E-state index contributed by atoms with van der Waals surface area (Å²) < 4.78 is 13.2. The van der Waals surface area contributed by atoms with Gasteiger partial charge in [-0.25, -0.2) is 9.18 Å². The number of Topliss-reactive ketones (excluding diaryl/α,β-unsaturated/α-hetero) is 1. The average Bonchev–Trinajstić information content (AvgIpc) is 2.91. The lowest BCUT2D eigenvalue weighted by molar-refractivity contribution is -0.121. The number of anilines is 1. The maximum absolute atomic E-state index is 13.2. The van der Waals surface area contributed by atoms with Gasteiger partial charge in [0.2, 0.25) is 5.91 Å². The van der Waals surface area contributed by atoms with E-state index in [0.717, 1.165) is 57.3 Å². The standard InChI is InChI=1S/C31H43FN4O3/c1-4-17-36(18-7-8-23-11-14-26(32)15-12-23)21-25-13-16-28(33-30(38)5-2)20-29(25)35-31(39)34-27-10-6-9-24(19-27)22(3)37/h6,9-12,14-15,19,25,28-29H,4-5,7-8,13,16-18,20-21H2,1-3H3,(H,33,38)(H2,34,35,39). The number of amides is 3. The van der Waals surface area contributed by atoms with E-state index in [1.807, 2.05) is 19.1 Å². The molecule has 0 spiro atoms. The van der Waals surface area contributed by atoms with Gasteiger partial charge in [0.1, 0.15) is 5.82 Å². The number of nitrogens with zero attached hydrogens (tertiary/aromatic N) is 1. The zero-order chi connectivity index (χ0) is 28.2. The van der Waals surface area contributed by atoms with Gasteiger partial charge < -0.3 is 20.9 Å². The summed E-state index contributed by atoms with van der Waals surface area (Å²) in [5.41, 5.74) is 2.24. The Morgan fingerprint density at radius 2 is 1.77 bits per heavy atom. The Morgan fingerprint density at radius 3 is 2.46 bits per heavy atom. The molecule has 0 bridgehead atoms. The lowest BCUT2D eigenvalue weighted by Crippen LogP contribution is -2.53. The summed E-state index contributed by atoms with van der Waals surface area (Å²) in [6.45, 7) is 8.26. The molecule has 3 amide bonds. The number of benzene rings is 2. The van der Waals surface area contributed by atoms with Gasteiger partial charge in [0.15, 0.2) is 5.78 Å². The molecule has 3 rings (SSSR count). The minimum Gasteiger partial charge on any atom is -0.353 e. The van der Waals surface area contributed by atoms with Crippen molar-refractivity contribution in [2.24, 2.45) is 5.92 Å². The number of halogens is 1. The van der Waals surface area contributed by atoms with Gasteiger partial charge in [0.25, 0.3) is 0 Å². The van der Waals surface area contributed by atoms with Crippen molar-refractivity contribution < 1.29 is 18.8 Å². The van der Waals surface area contributed by atoms with Crippen LogP contribution in [0.15, 0.2) is 48.5 Å². The van der Waals surface area contributed by atoms with Crippen LogP contribution in [0.25, 0.3) is 0 Å². The molecular formula is C31H43FN4O3. The Labute approximate surface area is 231 Å². The van der Waals surface area contributed by atoms with Crippen LogP contribution in [0.5, 0.6) is 0 Å². The molecule has 2 aromatic carbocycles. The number of urea groups is 1. The molecule has 0 heterocycles. The molecule has 212 valence electrons. The first kappa shape index (κ1) is 30.3. The number of hydrogen-bond donors (Lipinski definition) is 3. The summed E-state index contributed by atoms with van der Waals surface area (Å²) in [6, 6.07) is 13.2. The zero-order valence-electron chi connectivity index (χ0n) is 23.5. The SMILES string of the molecule is CCCN(CCCc1ccc(F)cc1)CC1CCC(NC(=O)CC)CC1NC(=O)Nc1cccc(C(C)=O)c1. The van der Waals surface area contributed by atoms with Gasteiger partial charge in [-0.05, 0) is 94.3 Å². The van der Waals surface area contributed by atoms with Gasteiger partial charge in [0.05, 0.1) is 0 Å². The fourth-order valence-electron chi connectivity index (χ4n) is 5.34. The summed E-state index contributed by atoms with van der Waals surface area (Å²) in [5.74, 6) is -0.00914. The molecule has 1 saturated carbocycles. The minimum absolute atomic E-state index is 0.0242. The third-order valence-corrected chi connectivity index (χ3v) is 7.41. The molecule has 0 aliphatic heterocycles. The number of rotatable bonds is 13. The Balaban J connectivity index is 1.64. The van der Waals surface area contributed by atoms with Crippen LogP contribution in [0.1, 0.15) is 75.2 Å². The third-order valence-electron chi connectivity index (χ3n) is 7.41. The maximum atomic E-state index is 13.2. The lowest BCUT2D eigenvalue weighted by Gasteiger charge is -2.39. The first-order valence-corrected chi connectivity index (χ1v) is 14.2. The predicted molar refractivity (Wildman–Crippen MR) is 153 cm³/mol. The molecule has 0 radical (unpaired) electrons. The van der Waals surface area contributed by atoms with Gasteiger partial charge in [-0.1, -0.05) is 38.1 Å². The second-order valence-electron chi connectivity index (χ2n) is 10.6. The molecule has 1 fully saturated rings. The van der Waals surface area contributed by atoms with Crippen LogP contribution >= 0.6 is 0 Å². The molecule has 0 saturated heterocycles. The summed E-state index contributed by atoms with van der Waals surface area (Å²) in [5, 5.41) is 9.16. The van der Waals surface area contributed by atoms with Gasteiger partial charge in [-0.15, -0.1) is 0 Å². The van der Waals surface area contributed by atoms with E-state index in [9.17, 15) is 18.8 Å². The van der Waals surface area contributed by atoms with Crippen LogP contribution in [0.2, 0.25) is 0 Å². The minimum atomic E-state index is -0.313. The van der Waals surface area contributed by atoms with Crippen LogP contribution in [-0.2, 0) is 11.2 Å². The van der Waals surface area contributed by atoms with Crippen molar-refractivity contribution in [3.8, 4) is 0 Å². The summed E-state index contributed by atoms with van der Waals surface area (Å²) in [4.78, 5) is 39.3. The van der Waals surface area contributed by atoms with Crippen LogP contribution in [0.3, 0.4) is 0 Å². The van der Waals surface area contributed by atoms with Crippen LogP contribution in [0, 0.1) is 11.7 Å². The second kappa shape index (κ2) is 15.4. The molecule has 7 nitrogen and oxygen atoms in total.